The Morgan fingerprint density at radius 2 is 2.04 bits per heavy atom. The fourth-order valence-electron chi connectivity index (χ4n) is 2.17. The lowest BCUT2D eigenvalue weighted by atomic mass is 10.1. The Hall–Kier alpha value is -2.75. The average molecular weight is 354 g/mol. The SMILES string of the molecule is Cc1nnc(NC(=O)c2c[nH]c3c(C(F)(F)F)cccc3c2=O)s1. The Balaban J connectivity index is 2.06. The van der Waals surface area contributed by atoms with Crippen LogP contribution in [-0.2, 0) is 6.18 Å². The lowest BCUT2D eigenvalue weighted by Gasteiger charge is -2.10. The van der Waals surface area contributed by atoms with E-state index in [0.717, 1.165) is 29.7 Å². The number of H-pyrrole nitrogens is 1. The maximum absolute atomic E-state index is 13.0. The second kappa shape index (κ2) is 5.71. The molecule has 0 radical (unpaired) electrons. The monoisotopic (exact) mass is 354 g/mol. The second-order valence-electron chi connectivity index (χ2n) is 4.84. The van der Waals surface area contributed by atoms with Crippen molar-refractivity contribution in [3.63, 3.8) is 0 Å². The molecule has 1 amide bonds. The van der Waals surface area contributed by atoms with Crippen LogP contribution in [-0.4, -0.2) is 21.1 Å². The summed E-state index contributed by atoms with van der Waals surface area (Å²) in [5.74, 6) is -0.772. The molecule has 0 bridgehead atoms. The summed E-state index contributed by atoms with van der Waals surface area (Å²) in [4.78, 5) is 26.9. The number of rotatable bonds is 2. The van der Waals surface area contributed by atoms with E-state index >= 15 is 0 Å². The van der Waals surface area contributed by atoms with Crippen molar-refractivity contribution >= 4 is 33.3 Å². The van der Waals surface area contributed by atoms with Crippen LogP contribution in [0.4, 0.5) is 18.3 Å². The molecular formula is C14H9F3N4O2S. The molecule has 0 aliphatic heterocycles. The maximum atomic E-state index is 13.0. The summed E-state index contributed by atoms with van der Waals surface area (Å²) in [7, 11) is 0. The molecule has 0 atom stereocenters. The molecule has 0 aliphatic rings. The summed E-state index contributed by atoms with van der Waals surface area (Å²) in [5, 5.41) is 10.4. The number of benzene rings is 1. The van der Waals surface area contributed by atoms with Gasteiger partial charge in [-0.2, -0.15) is 13.2 Å². The Morgan fingerprint density at radius 3 is 2.67 bits per heavy atom. The fourth-order valence-corrected chi connectivity index (χ4v) is 2.76. The van der Waals surface area contributed by atoms with E-state index < -0.39 is 23.1 Å². The number of aryl methyl sites for hydroxylation is 1. The molecule has 6 nitrogen and oxygen atoms in total. The van der Waals surface area contributed by atoms with E-state index in [1.807, 2.05) is 0 Å². The number of aromatic amines is 1. The summed E-state index contributed by atoms with van der Waals surface area (Å²) >= 11 is 1.11. The van der Waals surface area contributed by atoms with Crippen molar-refractivity contribution in [2.75, 3.05) is 5.32 Å². The van der Waals surface area contributed by atoms with Crippen LogP contribution in [0.1, 0.15) is 20.9 Å². The van der Waals surface area contributed by atoms with Crippen LogP contribution in [0.2, 0.25) is 0 Å². The quantitative estimate of drug-likeness (QED) is 0.741. The van der Waals surface area contributed by atoms with Gasteiger partial charge < -0.3 is 4.98 Å². The first-order chi connectivity index (χ1) is 11.3. The predicted molar refractivity (Wildman–Crippen MR) is 82.2 cm³/mol. The van der Waals surface area contributed by atoms with Gasteiger partial charge >= 0.3 is 6.18 Å². The number of nitrogens with zero attached hydrogens (tertiary/aromatic N) is 2. The lowest BCUT2D eigenvalue weighted by Crippen LogP contribution is -2.22. The van der Waals surface area contributed by atoms with E-state index in [2.05, 4.69) is 20.5 Å². The molecule has 3 aromatic rings. The maximum Gasteiger partial charge on any atom is 0.418 e. The first-order valence-electron chi connectivity index (χ1n) is 6.60. The van der Waals surface area contributed by atoms with Crippen molar-refractivity contribution in [2.45, 2.75) is 13.1 Å². The van der Waals surface area contributed by atoms with Gasteiger partial charge in [-0.3, -0.25) is 14.9 Å². The molecular weight excluding hydrogens is 345 g/mol. The van der Waals surface area contributed by atoms with Gasteiger partial charge in [-0.25, -0.2) is 0 Å². The summed E-state index contributed by atoms with van der Waals surface area (Å²) in [6.07, 6.45) is -3.65. The number of carbonyl (C=O) groups is 1. The van der Waals surface area contributed by atoms with E-state index in [-0.39, 0.29) is 21.6 Å². The predicted octanol–water partition coefficient (Wildman–Crippen LogP) is 2.96. The highest BCUT2D eigenvalue weighted by molar-refractivity contribution is 7.15. The minimum absolute atomic E-state index is 0.195. The zero-order chi connectivity index (χ0) is 17.5. The van der Waals surface area contributed by atoms with E-state index in [0.29, 0.717) is 5.01 Å². The van der Waals surface area contributed by atoms with Crippen LogP contribution < -0.4 is 10.7 Å². The molecule has 2 heterocycles. The second-order valence-corrected chi connectivity index (χ2v) is 6.02. The number of anilines is 1. The molecule has 3 rings (SSSR count). The molecule has 1 aromatic carbocycles. The largest absolute Gasteiger partial charge is 0.418 e. The third-order valence-electron chi connectivity index (χ3n) is 3.21. The van der Waals surface area contributed by atoms with Crippen LogP contribution in [0.15, 0.2) is 29.2 Å². The highest BCUT2D eigenvalue weighted by Crippen LogP contribution is 2.33. The van der Waals surface area contributed by atoms with Crippen molar-refractivity contribution in [1.29, 1.82) is 0 Å². The Kier molecular flexibility index (Phi) is 3.84. The molecule has 0 unspecified atom stereocenters. The first kappa shape index (κ1) is 16.1. The van der Waals surface area contributed by atoms with Gasteiger partial charge in [-0.05, 0) is 19.1 Å². The van der Waals surface area contributed by atoms with E-state index in [9.17, 15) is 22.8 Å². The van der Waals surface area contributed by atoms with Gasteiger partial charge in [-0.1, -0.05) is 17.4 Å². The van der Waals surface area contributed by atoms with Crippen LogP contribution in [0.5, 0.6) is 0 Å². The van der Waals surface area contributed by atoms with Crippen molar-refractivity contribution in [3.05, 3.63) is 50.8 Å². The van der Waals surface area contributed by atoms with Gasteiger partial charge in [0.1, 0.15) is 10.6 Å². The van der Waals surface area contributed by atoms with Crippen molar-refractivity contribution in [2.24, 2.45) is 0 Å². The first-order valence-corrected chi connectivity index (χ1v) is 7.42. The van der Waals surface area contributed by atoms with Gasteiger partial charge in [0.05, 0.1) is 11.1 Å². The Bertz CT molecular complexity index is 994. The smallest absolute Gasteiger partial charge is 0.360 e. The third-order valence-corrected chi connectivity index (χ3v) is 3.97. The number of pyridine rings is 1. The standard InChI is InChI=1S/C14H9F3N4O2S/c1-6-20-21-13(24-6)19-12(23)8-5-18-10-7(11(8)22)3-2-4-9(10)14(15,16)17/h2-5H,1H3,(H,18,22)(H,19,21,23). The summed E-state index contributed by atoms with van der Waals surface area (Å²) in [6, 6.07) is 3.22. The average Bonchev–Trinajstić information content (AvgIpc) is 2.91. The topological polar surface area (TPSA) is 87.7 Å². The summed E-state index contributed by atoms with van der Waals surface area (Å²) in [5.41, 5.74) is -2.44. The number of alkyl halides is 3. The minimum Gasteiger partial charge on any atom is -0.360 e. The Morgan fingerprint density at radius 1 is 1.29 bits per heavy atom. The molecule has 24 heavy (non-hydrogen) atoms. The molecule has 2 N–H and O–H groups in total. The number of halogens is 3. The van der Waals surface area contributed by atoms with Gasteiger partial charge in [0.25, 0.3) is 5.91 Å². The third kappa shape index (κ3) is 2.87. The van der Waals surface area contributed by atoms with Crippen LogP contribution in [0, 0.1) is 6.92 Å². The van der Waals surface area contributed by atoms with Gasteiger partial charge in [0, 0.05) is 11.6 Å². The molecule has 124 valence electrons. The van der Waals surface area contributed by atoms with Crippen LogP contribution >= 0.6 is 11.3 Å². The zero-order valence-electron chi connectivity index (χ0n) is 12.1. The number of amides is 1. The number of para-hydroxylation sites is 1. The minimum atomic E-state index is -4.61. The summed E-state index contributed by atoms with van der Waals surface area (Å²) < 4.78 is 38.9. The molecule has 0 fully saturated rings. The molecule has 2 aromatic heterocycles. The van der Waals surface area contributed by atoms with Crippen molar-refractivity contribution in [3.8, 4) is 0 Å². The molecule has 0 aliphatic carbocycles. The number of hydrogen-bond acceptors (Lipinski definition) is 5. The molecule has 10 heteroatoms. The fraction of sp³-hybridized carbons (Fsp3) is 0.143. The Labute approximate surface area is 136 Å². The highest BCUT2D eigenvalue weighted by Gasteiger charge is 2.33. The van der Waals surface area contributed by atoms with Gasteiger partial charge in [0.15, 0.2) is 0 Å². The van der Waals surface area contributed by atoms with Crippen LogP contribution in [0.3, 0.4) is 0 Å². The number of hydrogen-bond donors (Lipinski definition) is 2. The lowest BCUT2D eigenvalue weighted by molar-refractivity contribution is -0.136. The number of carbonyl (C=O) groups excluding carboxylic acids is 1. The van der Waals surface area contributed by atoms with E-state index in [4.69, 9.17) is 0 Å². The van der Waals surface area contributed by atoms with Crippen molar-refractivity contribution < 1.29 is 18.0 Å². The highest BCUT2D eigenvalue weighted by atomic mass is 32.1. The van der Waals surface area contributed by atoms with Gasteiger partial charge in [0.2, 0.25) is 10.6 Å². The van der Waals surface area contributed by atoms with Gasteiger partial charge in [-0.15, -0.1) is 10.2 Å². The van der Waals surface area contributed by atoms with E-state index in [1.54, 1.807) is 6.92 Å². The number of aromatic nitrogens is 3. The number of fused-ring (bicyclic) bond motifs is 1. The summed E-state index contributed by atoms with van der Waals surface area (Å²) in [6.45, 7) is 1.69. The number of nitrogens with one attached hydrogen (secondary N) is 2. The normalized spacial score (nSPS) is 11.7. The molecule has 0 spiro atoms. The van der Waals surface area contributed by atoms with E-state index in [1.165, 1.54) is 6.07 Å². The zero-order valence-corrected chi connectivity index (χ0v) is 12.9. The van der Waals surface area contributed by atoms with Crippen molar-refractivity contribution in [1.82, 2.24) is 15.2 Å². The van der Waals surface area contributed by atoms with Crippen LogP contribution in [0.25, 0.3) is 10.9 Å². The molecule has 0 saturated heterocycles. The molecule has 0 saturated carbocycles.